The summed E-state index contributed by atoms with van der Waals surface area (Å²) in [4.78, 5) is 16.3. The fourth-order valence-electron chi connectivity index (χ4n) is 3.66. The SMILES string of the molecule is Cc1ccc(-c2ccc(CCCNc3nc(-c4ccoc4)nc4sc(C)cc34)cn2)cc1. The maximum Gasteiger partial charge on any atom is 0.166 e. The van der Waals surface area contributed by atoms with Crippen LogP contribution in [-0.2, 0) is 6.42 Å². The van der Waals surface area contributed by atoms with Crippen molar-refractivity contribution >= 4 is 27.4 Å². The van der Waals surface area contributed by atoms with E-state index in [4.69, 9.17) is 14.4 Å². The van der Waals surface area contributed by atoms with Gasteiger partial charge in [-0.2, -0.15) is 0 Å². The van der Waals surface area contributed by atoms with Gasteiger partial charge < -0.3 is 9.73 Å². The molecule has 0 spiro atoms. The average molecular weight is 441 g/mol. The molecule has 1 aromatic carbocycles. The van der Waals surface area contributed by atoms with Gasteiger partial charge in [-0.05, 0) is 50.5 Å². The molecule has 0 saturated carbocycles. The summed E-state index contributed by atoms with van der Waals surface area (Å²) in [6, 6.07) is 16.8. The molecular weight excluding hydrogens is 416 g/mol. The van der Waals surface area contributed by atoms with E-state index >= 15 is 0 Å². The highest BCUT2D eigenvalue weighted by atomic mass is 32.1. The number of thiophene rings is 1. The summed E-state index contributed by atoms with van der Waals surface area (Å²) >= 11 is 1.68. The molecule has 0 radical (unpaired) electrons. The minimum atomic E-state index is 0.687. The third-order valence-electron chi connectivity index (χ3n) is 5.40. The second-order valence-corrected chi connectivity index (χ2v) is 9.17. The van der Waals surface area contributed by atoms with Crippen molar-refractivity contribution in [2.24, 2.45) is 0 Å². The van der Waals surface area contributed by atoms with E-state index in [0.29, 0.717) is 5.82 Å². The van der Waals surface area contributed by atoms with E-state index in [1.807, 2.05) is 12.3 Å². The molecule has 5 nitrogen and oxygen atoms in total. The average Bonchev–Trinajstić information content (AvgIpc) is 3.47. The number of hydrogen-bond donors (Lipinski definition) is 1. The van der Waals surface area contributed by atoms with Crippen molar-refractivity contribution in [3.63, 3.8) is 0 Å². The fourth-order valence-corrected chi connectivity index (χ4v) is 4.54. The fraction of sp³-hybridized carbons (Fsp3) is 0.192. The minimum absolute atomic E-state index is 0.687. The number of nitrogens with one attached hydrogen (secondary N) is 1. The predicted molar refractivity (Wildman–Crippen MR) is 131 cm³/mol. The van der Waals surface area contributed by atoms with Crippen molar-refractivity contribution in [3.05, 3.63) is 83.3 Å². The second-order valence-electron chi connectivity index (χ2n) is 7.93. The molecular formula is C26H24N4OS. The van der Waals surface area contributed by atoms with Crippen LogP contribution in [0.1, 0.15) is 22.4 Å². The van der Waals surface area contributed by atoms with Gasteiger partial charge in [0.25, 0.3) is 0 Å². The number of aryl methyl sites for hydroxylation is 3. The molecule has 0 saturated heterocycles. The summed E-state index contributed by atoms with van der Waals surface area (Å²) in [6.45, 7) is 5.02. The molecule has 32 heavy (non-hydrogen) atoms. The maximum absolute atomic E-state index is 5.21. The zero-order valence-corrected chi connectivity index (χ0v) is 18.9. The molecule has 6 heteroatoms. The Morgan fingerprint density at radius 2 is 1.84 bits per heavy atom. The lowest BCUT2D eigenvalue weighted by atomic mass is 10.1. The lowest BCUT2D eigenvalue weighted by molar-refractivity contribution is 0.568. The van der Waals surface area contributed by atoms with Gasteiger partial charge in [-0.25, -0.2) is 9.97 Å². The van der Waals surface area contributed by atoms with Gasteiger partial charge in [-0.1, -0.05) is 35.9 Å². The molecule has 0 amide bonds. The molecule has 4 heterocycles. The third kappa shape index (κ3) is 4.41. The van der Waals surface area contributed by atoms with Gasteiger partial charge >= 0.3 is 0 Å². The van der Waals surface area contributed by atoms with Crippen LogP contribution >= 0.6 is 11.3 Å². The standard InChI is InChI=1S/C26H24N4OS/c1-17-5-8-20(9-6-17)23-10-7-19(15-28-23)4-3-12-27-25-22-14-18(2)32-26(22)30-24(29-25)21-11-13-31-16-21/h5-11,13-16H,3-4,12H2,1-2H3,(H,27,29,30). The first-order valence-electron chi connectivity index (χ1n) is 10.7. The van der Waals surface area contributed by atoms with Gasteiger partial charge in [0, 0.05) is 23.2 Å². The van der Waals surface area contributed by atoms with E-state index in [1.54, 1.807) is 23.9 Å². The highest BCUT2D eigenvalue weighted by molar-refractivity contribution is 7.18. The molecule has 0 aliphatic heterocycles. The maximum atomic E-state index is 5.21. The van der Waals surface area contributed by atoms with Gasteiger partial charge in [0.1, 0.15) is 16.9 Å². The van der Waals surface area contributed by atoms with Gasteiger partial charge in [0.15, 0.2) is 5.82 Å². The Morgan fingerprint density at radius 1 is 0.969 bits per heavy atom. The molecule has 0 bridgehead atoms. The van der Waals surface area contributed by atoms with E-state index in [-0.39, 0.29) is 0 Å². The van der Waals surface area contributed by atoms with Crippen LogP contribution < -0.4 is 5.32 Å². The van der Waals surface area contributed by atoms with Crippen molar-refractivity contribution in [1.29, 1.82) is 0 Å². The summed E-state index contributed by atoms with van der Waals surface area (Å²) in [6.07, 6.45) is 7.25. The van der Waals surface area contributed by atoms with E-state index in [2.05, 4.69) is 66.6 Å². The third-order valence-corrected chi connectivity index (χ3v) is 6.35. The summed E-state index contributed by atoms with van der Waals surface area (Å²) < 4.78 is 5.21. The Labute approximate surface area is 191 Å². The lowest BCUT2D eigenvalue weighted by Crippen LogP contribution is -2.06. The van der Waals surface area contributed by atoms with Gasteiger partial charge in [0.2, 0.25) is 0 Å². The van der Waals surface area contributed by atoms with Crippen LogP contribution in [0.2, 0.25) is 0 Å². The monoisotopic (exact) mass is 440 g/mol. The zero-order chi connectivity index (χ0) is 21.9. The first kappa shape index (κ1) is 20.4. The number of fused-ring (bicyclic) bond motifs is 1. The van der Waals surface area contributed by atoms with Gasteiger partial charge in [0.05, 0.1) is 22.9 Å². The Bertz CT molecular complexity index is 1320. The molecule has 0 aliphatic rings. The Kier molecular flexibility index (Phi) is 5.69. The summed E-state index contributed by atoms with van der Waals surface area (Å²) in [5, 5.41) is 4.59. The second kappa shape index (κ2) is 8.93. The van der Waals surface area contributed by atoms with Crippen LogP contribution in [0, 0.1) is 13.8 Å². The van der Waals surface area contributed by atoms with E-state index < -0.39 is 0 Å². The number of furan rings is 1. The topological polar surface area (TPSA) is 63.8 Å². The van der Waals surface area contributed by atoms with Crippen LogP contribution in [0.25, 0.3) is 32.9 Å². The molecule has 160 valence electrons. The highest BCUT2D eigenvalue weighted by Gasteiger charge is 2.12. The summed E-state index contributed by atoms with van der Waals surface area (Å²) in [5.74, 6) is 1.56. The highest BCUT2D eigenvalue weighted by Crippen LogP contribution is 2.31. The predicted octanol–water partition coefficient (Wildman–Crippen LogP) is 6.67. The van der Waals surface area contributed by atoms with E-state index in [1.165, 1.54) is 16.0 Å². The van der Waals surface area contributed by atoms with Crippen molar-refractivity contribution < 1.29 is 4.42 Å². The van der Waals surface area contributed by atoms with Crippen molar-refractivity contribution in [2.45, 2.75) is 26.7 Å². The molecule has 5 rings (SSSR count). The first-order valence-corrected chi connectivity index (χ1v) is 11.5. The number of anilines is 1. The number of aromatic nitrogens is 3. The number of nitrogens with zero attached hydrogens (tertiary/aromatic N) is 3. The van der Waals surface area contributed by atoms with Crippen LogP contribution in [0.5, 0.6) is 0 Å². The van der Waals surface area contributed by atoms with Crippen LogP contribution in [0.3, 0.4) is 0 Å². The number of rotatable bonds is 7. The first-order chi connectivity index (χ1) is 15.7. The summed E-state index contributed by atoms with van der Waals surface area (Å²) in [7, 11) is 0. The number of pyridine rings is 1. The van der Waals surface area contributed by atoms with Crippen molar-refractivity contribution in [3.8, 4) is 22.6 Å². The van der Waals surface area contributed by atoms with Gasteiger partial charge in [-0.15, -0.1) is 11.3 Å². The Morgan fingerprint density at radius 3 is 2.59 bits per heavy atom. The lowest BCUT2D eigenvalue weighted by Gasteiger charge is -2.09. The molecule has 1 N–H and O–H groups in total. The molecule has 4 aromatic heterocycles. The largest absolute Gasteiger partial charge is 0.472 e. The zero-order valence-electron chi connectivity index (χ0n) is 18.1. The number of benzene rings is 1. The van der Waals surface area contributed by atoms with E-state index in [0.717, 1.165) is 52.2 Å². The summed E-state index contributed by atoms with van der Waals surface area (Å²) in [5.41, 5.74) is 5.54. The normalized spacial score (nSPS) is 11.2. The minimum Gasteiger partial charge on any atom is -0.472 e. The van der Waals surface area contributed by atoms with Crippen LogP contribution in [-0.4, -0.2) is 21.5 Å². The molecule has 0 unspecified atom stereocenters. The Balaban J connectivity index is 1.24. The quantitative estimate of drug-likeness (QED) is 0.286. The smallest absolute Gasteiger partial charge is 0.166 e. The van der Waals surface area contributed by atoms with Crippen molar-refractivity contribution in [2.75, 3.05) is 11.9 Å². The van der Waals surface area contributed by atoms with E-state index in [9.17, 15) is 0 Å². The molecule has 0 aliphatic carbocycles. The molecule has 0 atom stereocenters. The molecule has 0 fully saturated rings. The number of hydrogen-bond acceptors (Lipinski definition) is 6. The van der Waals surface area contributed by atoms with Gasteiger partial charge in [-0.3, -0.25) is 4.98 Å². The molecule has 5 aromatic rings. The Hall–Kier alpha value is -3.51. The van der Waals surface area contributed by atoms with Crippen LogP contribution in [0.4, 0.5) is 5.82 Å². The van der Waals surface area contributed by atoms with Crippen molar-refractivity contribution in [1.82, 2.24) is 15.0 Å². The van der Waals surface area contributed by atoms with Crippen LogP contribution in [0.15, 0.2) is 71.7 Å².